The predicted octanol–water partition coefficient (Wildman–Crippen LogP) is 1.44. The van der Waals surface area contributed by atoms with Crippen molar-refractivity contribution in [1.29, 1.82) is 0 Å². The molecule has 8 nitrogen and oxygen atoms in total. The Morgan fingerprint density at radius 3 is 2.68 bits per heavy atom. The van der Waals surface area contributed by atoms with Crippen LogP contribution >= 0.6 is 0 Å². The summed E-state index contributed by atoms with van der Waals surface area (Å²) in [5.41, 5.74) is 0.135. The highest BCUT2D eigenvalue weighted by molar-refractivity contribution is 5.89. The number of rotatable bonds is 8. The molecule has 0 amide bonds. The summed E-state index contributed by atoms with van der Waals surface area (Å²) < 4.78 is 8.99. The van der Waals surface area contributed by atoms with Crippen molar-refractivity contribution in [2.24, 2.45) is 7.05 Å². The summed E-state index contributed by atoms with van der Waals surface area (Å²) in [6.07, 6.45) is 5.10. The van der Waals surface area contributed by atoms with E-state index in [1.807, 2.05) is 34.9 Å². The molecule has 1 N–H and O–H groups in total. The maximum atomic E-state index is 11.9. The highest BCUT2D eigenvalue weighted by Gasteiger charge is 2.20. The molecule has 0 saturated heterocycles. The van der Waals surface area contributed by atoms with Crippen LogP contribution in [0.25, 0.3) is 0 Å². The number of benzene rings is 1. The van der Waals surface area contributed by atoms with E-state index in [-0.39, 0.29) is 17.9 Å². The summed E-state index contributed by atoms with van der Waals surface area (Å²) in [6, 6.07) is 5.28. The van der Waals surface area contributed by atoms with Crippen molar-refractivity contribution in [3.8, 4) is 0 Å². The van der Waals surface area contributed by atoms with Gasteiger partial charge in [-0.1, -0.05) is 6.58 Å². The van der Waals surface area contributed by atoms with Crippen LogP contribution in [0.3, 0.4) is 0 Å². The van der Waals surface area contributed by atoms with Gasteiger partial charge in [0.1, 0.15) is 18.5 Å². The van der Waals surface area contributed by atoms with Gasteiger partial charge < -0.3 is 9.84 Å². The van der Waals surface area contributed by atoms with Crippen LogP contribution < -0.4 is 4.57 Å². The number of imidazole rings is 1. The third kappa shape index (κ3) is 4.98. The summed E-state index contributed by atoms with van der Waals surface area (Å²) in [4.78, 5) is 22.0. The van der Waals surface area contributed by atoms with Gasteiger partial charge in [0.05, 0.1) is 30.7 Å². The Balaban J connectivity index is 1.81. The first kappa shape index (κ1) is 18.3. The maximum absolute atomic E-state index is 11.9. The Morgan fingerprint density at radius 1 is 1.44 bits per heavy atom. The van der Waals surface area contributed by atoms with E-state index in [2.05, 4.69) is 6.58 Å². The van der Waals surface area contributed by atoms with Crippen LogP contribution in [0, 0.1) is 10.1 Å². The van der Waals surface area contributed by atoms with Gasteiger partial charge >= 0.3 is 5.97 Å². The Kier molecular flexibility index (Phi) is 6.02. The van der Waals surface area contributed by atoms with E-state index >= 15 is 0 Å². The highest BCUT2D eigenvalue weighted by atomic mass is 16.6. The number of ether oxygens (including phenoxy) is 1. The van der Waals surface area contributed by atoms with Crippen molar-refractivity contribution in [2.45, 2.75) is 19.1 Å². The third-order valence-corrected chi connectivity index (χ3v) is 3.63. The normalized spacial score (nSPS) is 11.8. The molecule has 0 aliphatic rings. The zero-order chi connectivity index (χ0) is 18.4. The minimum absolute atomic E-state index is 0.0949. The summed E-state index contributed by atoms with van der Waals surface area (Å²) >= 11 is 0. The molecule has 0 fully saturated rings. The molecule has 132 valence electrons. The first-order valence-electron chi connectivity index (χ1n) is 7.68. The minimum Gasteiger partial charge on any atom is -0.462 e. The van der Waals surface area contributed by atoms with Crippen LogP contribution in [0.15, 0.2) is 55.1 Å². The first-order valence-corrected chi connectivity index (χ1v) is 7.68. The van der Waals surface area contributed by atoms with Crippen LogP contribution in [-0.4, -0.2) is 27.2 Å². The topological polar surface area (TPSA) is 98.5 Å². The van der Waals surface area contributed by atoms with E-state index in [1.165, 1.54) is 24.3 Å². The summed E-state index contributed by atoms with van der Waals surface area (Å²) in [6.45, 7) is 4.46. The molecule has 0 saturated carbocycles. The highest BCUT2D eigenvalue weighted by Crippen LogP contribution is 2.23. The molecule has 25 heavy (non-hydrogen) atoms. The lowest BCUT2D eigenvalue weighted by atomic mass is 10.0. The van der Waals surface area contributed by atoms with Crippen molar-refractivity contribution >= 4 is 11.7 Å². The van der Waals surface area contributed by atoms with Crippen LogP contribution in [0.5, 0.6) is 0 Å². The van der Waals surface area contributed by atoms with Gasteiger partial charge in [-0.25, -0.2) is 13.9 Å². The zero-order valence-corrected chi connectivity index (χ0v) is 13.9. The molecular formula is C17H20N3O5+. The largest absolute Gasteiger partial charge is 0.462 e. The second kappa shape index (κ2) is 8.20. The van der Waals surface area contributed by atoms with Crippen LogP contribution in [0.2, 0.25) is 0 Å². The Bertz CT molecular complexity index is 767. The maximum Gasteiger partial charge on any atom is 0.336 e. The van der Waals surface area contributed by atoms with E-state index in [1.54, 1.807) is 0 Å². The molecule has 8 heteroatoms. The van der Waals surface area contributed by atoms with Crippen LogP contribution in [-0.2, 0) is 23.1 Å². The number of hydrogen-bond donors (Lipinski definition) is 1. The summed E-state index contributed by atoms with van der Waals surface area (Å²) in [5.74, 6) is -0.691. The third-order valence-electron chi connectivity index (χ3n) is 3.63. The Labute approximate surface area is 144 Å². The number of nitrogens with zero attached hydrogens (tertiary/aromatic N) is 3. The molecule has 1 unspecified atom stereocenters. The van der Waals surface area contributed by atoms with Gasteiger partial charge in [0.25, 0.3) is 5.69 Å². The fourth-order valence-electron chi connectivity index (χ4n) is 2.23. The number of nitro benzene ring substituents is 1. The smallest absolute Gasteiger partial charge is 0.336 e. The number of esters is 1. The molecule has 1 heterocycles. The van der Waals surface area contributed by atoms with Crippen molar-refractivity contribution in [1.82, 2.24) is 4.57 Å². The lowest BCUT2D eigenvalue weighted by molar-refractivity contribution is -0.671. The van der Waals surface area contributed by atoms with Crippen LogP contribution in [0.1, 0.15) is 18.1 Å². The monoisotopic (exact) mass is 346 g/mol. The fraction of sp³-hybridized carbons (Fsp3) is 0.294. The van der Waals surface area contributed by atoms with Gasteiger partial charge in [-0.2, -0.15) is 0 Å². The van der Waals surface area contributed by atoms with Crippen molar-refractivity contribution < 1.29 is 24.1 Å². The van der Waals surface area contributed by atoms with Crippen molar-refractivity contribution in [3.63, 3.8) is 0 Å². The number of hydrogen-bond acceptors (Lipinski definition) is 5. The van der Waals surface area contributed by atoms with Crippen molar-refractivity contribution in [2.75, 3.05) is 6.61 Å². The Morgan fingerprint density at radius 2 is 2.12 bits per heavy atom. The van der Waals surface area contributed by atoms with Gasteiger partial charge in [-0.3, -0.25) is 10.1 Å². The second-order valence-electron chi connectivity index (χ2n) is 5.58. The molecule has 2 rings (SSSR count). The van der Waals surface area contributed by atoms with E-state index in [0.29, 0.717) is 18.5 Å². The van der Waals surface area contributed by atoms with Crippen LogP contribution in [0.4, 0.5) is 5.69 Å². The van der Waals surface area contributed by atoms with E-state index in [0.717, 1.165) is 0 Å². The fourth-order valence-corrected chi connectivity index (χ4v) is 2.23. The number of nitro groups is 1. The number of aromatic nitrogens is 2. The molecule has 0 aliphatic heterocycles. The number of non-ortho nitro benzene ring substituents is 1. The standard InChI is InChI=1S/C17H20N3O5/c1-13(16(21)14-4-6-15(7-5-14)20(23)24)17(22)25-11-3-8-19-10-9-18(2)12-19/h4-7,9-10,12,16,21H,1,3,8,11H2,2H3/q+1. The predicted molar refractivity (Wildman–Crippen MR) is 88.4 cm³/mol. The number of carbonyl (C=O) groups is 1. The lowest BCUT2D eigenvalue weighted by Crippen LogP contribution is -2.23. The molecule has 1 aromatic carbocycles. The van der Waals surface area contributed by atoms with Gasteiger partial charge in [-0.05, 0) is 17.7 Å². The van der Waals surface area contributed by atoms with E-state index in [4.69, 9.17) is 4.74 Å². The number of aliphatic hydroxyl groups excluding tert-OH is 1. The lowest BCUT2D eigenvalue weighted by Gasteiger charge is -2.13. The van der Waals surface area contributed by atoms with Gasteiger partial charge in [0.15, 0.2) is 0 Å². The zero-order valence-electron chi connectivity index (χ0n) is 13.9. The molecule has 2 aromatic rings. The van der Waals surface area contributed by atoms with Gasteiger partial charge in [-0.15, -0.1) is 0 Å². The number of aliphatic hydroxyl groups is 1. The average molecular weight is 346 g/mol. The molecule has 1 atom stereocenters. The average Bonchev–Trinajstić information content (AvgIpc) is 3.02. The quantitative estimate of drug-likeness (QED) is 0.195. The van der Waals surface area contributed by atoms with Crippen molar-refractivity contribution in [3.05, 3.63) is 70.8 Å². The molecule has 0 aliphatic carbocycles. The van der Waals surface area contributed by atoms with Gasteiger partial charge in [0.2, 0.25) is 6.33 Å². The number of aryl methyl sites for hydroxylation is 2. The SMILES string of the molecule is C=C(C(=O)OCCCn1cc[n+](C)c1)C(O)c1ccc([N+](=O)[O-])cc1. The summed E-state index contributed by atoms with van der Waals surface area (Å²) in [7, 11) is 1.92. The summed E-state index contributed by atoms with van der Waals surface area (Å²) in [5, 5.41) is 20.8. The minimum atomic E-state index is -1.27. The Hall–Kier alpha value is -3.00. The molecule has 1 aromatic heterocycles. The van der Waals surface area contributed by atoms with E-state index < -0.39 is 17.0 Å². The molecule has 0 bridgehead atoms. The first-order chi connectivity index (χ1) is 11.9. The molecule has 0 spiro atoms. The van der Waals surface area contributed by atoms with E-state index in [9.17, 15) is 20.0 Å². The van der Waals surface area contributed by atoms with Gasteiger partial charge in [0, 0.05) is 18.6 Å². The molecular weight excluding hydrogens is 326 g/mol. The number of carbonyl (C=O) groups excluding carboxylic acids is 1. The second-order valence-corrected chi connectivity index (χ2v) is 5.58. The molecule has 0 radical (unpaired) electrons.